The summed E-state index contributed by atoms with van der Waals surface area (Å²) in [6, 6.07) is 5.45. The number of methoxy groups -OCH3 is 1. The number of rotatable bonds is 1. The zero-order valence-corrected chi connectivity index (χ0v) is 7.74. The molecule has 0 N–H and O–H groups in total. The predicted octanol–water partition coefficient (Wildman–Crippen LogP) is 2.19. The van der Waals surface area contributed by atoms with Crippen LogP contribution in [0.5, 0.6) is 5.75 Å². The molecule has 11 heavy (non-hydrogen) atoms. The maximum Gasteiger partial charge on any atom is 0.316 e. The molecule has 0 bridgehead atoms. The van der Waals surface area contributed by atoms with Gasteiger partial charge >= 0.3 is 23.1 Å². The van der Waals surface area contributed by atoms with Gasteiger partial charge in [0.05, 0.1) is 12.1 Å². The number of hydrogen-bond acceptors (Lipinski definition) is 1. The maximum absolute atomic E-state index is 5.77. The first-order valence-corrected chi connectivity index (χ1v) is 3.90. The van der Waals surface area contributed by atoms with Gasteiger partial charge in [-0.1, -0.05) is 11.6 Å². The molecule has 1 nitrogen and oxygen atoms in total. The first kappa shape index (κ1) is 11.6. The predicted molar refractivity (Wildman–Crippen MR) is 54.2 cm³/mol. The first-order valence-electron chi connectivity index (χ1n) is 2.73. The second-order valence-corrected chi connectivity index (χ2v) is 3.04. The Kier molecular flexibility index (Phi) is 5.51. The van der Waals surface area contributed by atoms with Crippen LogP contribution in [0.1, 0.15) is 0 Å². The lowest BCUT2D eigenvalue weighted by Crippen LogP contribution is -1.81. The molecular weight excluding hydrogens is 240 g/mol. The van der Waals surface area contributed by atoms with Crippen molar-refractivity contribution in [3.63, 3.8) is 0 Å². The minimum absolute atomic E-state index is 0. The smallest absolute Gasteiger partial charge is 0.316 e. The van der Waals surface area contributed by atoms with Gasteiger partial charge in [0.15, 0.2) is 0 Å². The Balaban J connectivity index is 0.000001000. The topological polar surface area (TPSA) is 9.23 Å². The minimum Gasteiger partial charge on any atom is -0.497 e. The van der Waals surface area contributed by atoms with Crippen molar-refractivity contribution in [3.05, 3.63) is 27.7 Å². The number of halogens is 2. The van der Waals surface area contributed by atoms with E-state index in [0.29, 0.717) is 5.02 Å². The van der Waals surface area contributed by atoms with Gasteiger partial charge in [-0.05, 0) is 34.1 Å². The SMILES string of the molecule is COc1ccc(Br)c(Cl)c1.[MgH2]. The molecule has 58 valence electrons. The second kappa shape index (κ2) is 5.25. The van der Waals surface area contributed by atoms with Crippen LogP contribution < -0.4 is 4.74 Å². The van der Waals surface area contributed by atoms with Crippen LogP contribution >= 0.6 is 27.5 Å². The molecule has 0 fully saturated rings. The molecule has 0 aliphatic heterocycles. The Morgan fingerprint density at radius 2 is 2.09 bits per heavy atom. The van der Waals surface area contributed by atoms with Crippen LogP contribution in [-0.4, -0.2) is 30.2 Å². The number of hydrogen-bond donors (Lipinski definition) is 0. The van der Waals surface area contributed by atoms with Crippen molar-refractivity contribution < 1.29 is 4.74 Å². The Morgan fingerprint density at radius 1 is 1.45 bits per heavy atom. The lowest BCUT2D eigenvalue weighted by molar-refractivity contribution is 0.415. The summed E-state index contributed by atoms with van der Waals surface area (Å²) in [4.78, 5) is 0. The van der Waals surface area contributed by atoms with E-state index in [-0.39, 0.29) is 23.1 Å². The average molecular weight is 248 g/mol. The van der Waals surface area contributed by atoms with E-state index in [1.165, 1.54) is 0 Å². The molecule has 0 aliphatic rings. The van der Waals surface area contributed by atoms with Crippen LogP contribution in [0.4, 0.5) is 0 Å². The van der Waals surface area contributed by atoms with Gasteiger partial charge in [0.2, 0.25) is 0 Å². The van der Waals surface area contributed by atoms with Gasteiger partial charge in [0.1, 0.15) is 5.75 Å². The van der Waals surface area contributed by atoms with E-state index in [4.69, 9.17) is 16.3 Å². The highest BCUT2D eigenvalue weighted by Crippen LogP contribution is 2.26. The summed E-state index contributed by atoms with van der Waals surface area (Å²) in [5.74, 6) is 0.771. The van der Waals surface area contributed by atoms with Gasteiger partial charge in [0, 0.05) is 4.47 Å². The molecule has 0 amide bonds. The van der Waals surface area contributed by atoms with E-state index in [9.17, 15) is 0 Å². The summed E-state index contributed by atoms with van der Waals surface area (Å²) < 4.78 is 5.83. The van der Waals surface area contributed by atoms with E-state index in [0.717, 1.165) is 10.2 Å². The zero-order chi connectivity index (χ0) is 7.56. The fourth-order valence-corrected chi connectivity index (χ4v) is 1.02. The van der Waals surface area contributed by atoms with Crippen molar-refractivity contribution in [1.29, 1.82) is 0 Å². The summed E-state index contributed by atoms with van der Waals surface area (Å²) >= 11 is 9.04. The summed E-state index contributed by atoms with van der Waals surface area (Å²) in [6.45, 7) is 0. The van der Waals surface area contributed by atoms with Crippen LogP contribution in [0.3, 0.4) is 0 Å². The van der Waals surface area contributed by atoms with E-state index in [1.807, 2.05) is 12.1 Å². The molecular formula is C7H8BrClMgO. The Labute approximate surface area is 95.4 Å². The van der Waals surface area contributed by atoms with Crippen LogP contribution in [0.15, 0.2) is 22.7 Å². The molecule has 0 spiro atoms. The van der Waals surface area contributed by atoms with E-state index < -0.39 is 0 Å². The summed E-state index contributed by atoms with van der Waals surface area (Å²) in [5.41, 5.74) is 0. The largest absolute Gasteiger partial charge is 0.497 e. The first-order chi connectivity index (χ1) is 4.74. The summed E-state index contributed by atoms with van der Waals surface area (Å²) in [7, 11) is 1.61. The average Bonchev–Trinajstić information content (AvgIpc) is 1.95. The molecule has 0 heterocycles. The molecule has 0 saturated heterocycles. The number of ether oxygens (including phenoxy) is 1. The lowest BCUT2D eigenvalue weighted by atomic mass is 10.3. The number of benzene rings is 1. The van der Waals surface area contributed by atoms with Crippen molar-refractivity contribution in [1.82, 2.24) is 0 Å². The van der Waals surface area contributed by atoms with Gasteiger partial charge < -0.3 is 4.74 Å². The third-order valence-electron chi connectivity index (χ3n) is 1.13. The van der Waals surface area contributed by atoms with E-state index in [2.05, 4.69) is 15.9 Å². The molecule has 1 rings (SSSR count). The highest BCUT2D eigenvalue weighted by atomic mass is 79.9. The molecule has 4 heteroatoms. The highest BCUT2D eigenvalue weighted by molar-refractivity contribution is 9.10. The molecule has 0 saturated carbocycles. The molecule has 0 aliphatic carbocycles. The summed E-state index contributed by atoms with van der Waals surface area (Å²) in [6.07, 6.45) is 0. The Hall–Kier alpha value is 0.556. The van der Waals surface area contributed by atoms with Gasteiger partial charge in [-0.25, -0.2) is 0 Å². The molecule has 1 aromatic rings. The maximum atomic E-state index is 5.77. The fourth-order valence-electron chi connectivity index (χ4n) is 0.604. The molecule has 0 radical (unpaired) electrons. The van der Waals surface area contributed by atoms with E-state index >= 15 is 0 Å². The lowest BCUT2D eigenvalue weighted by Gasteiger charge is -1.99. The second-order valence-electron chi connectivity index (χ2n) is 1.78. The van der Waals surface area contributed by atoms with Crippen LogP contribution in [-0.2, 0) is 0 Å². The van der Waals surface area contributed by atoms with Gasteiger partial charge in [0.25, 0.3) is 0 Å². The quantitative estimate of drug-likeness (QED) is 0.692. The van der Waals surface area contributed by atoms with Gasteiger partial charge in [-0.15, -0.1) is 0 Å². The molecule has 1 aromatic carbocycles. The van der Waals surface area contributed by atoms with Crippen molar-refractivity contribution in [2.24, 2.45) is 0 Å². The Morgan fingerprint density at radius 3 is 2.55 bits per heavy atom. The highest BCUT2D eigenvalue weighted by Gasteiger charge is 1.96. The van der Waals surface area contributed by atoms with Crippen molar-refractivity contribution in [3.8, 4) is 5.75 Å². The zero-order valence-electron chi connectivity index (χ0n) is 5.40. The molecule has 0 unspecified atom stereocenters. The van der Waals surface area contributed by atoms with Crippen LogP contribution in [0.25, 0.3) is 0 Å². The van der Waals surface area contributed by atoms with Gasteiger partial charge in [-0.2, -0.15) is 0 Å². The third kappa shape index (κ3) is 3.19. The molecule has 0 atom stereocenters. The third-order valence-corrected chi connectivity index (χ3v) is 2.36. The summed E-state index contributed by atoms with van der Waals surface area (Å²) in [5, 5.41) is 0.666. The minimum atomic E-state index is 0. The standard InChI is InChI=1S/C7H6BrClO.Mg.2H/c1-10-5-2-3-6(8)7(9)4-5;;;/h2-4H,1H3;;;. The van der Waals surface area contributed by atoms with Crippen LogP contribution in [0.2, 0.25) is 5.02 Å². The fraction of sp³-hybridized carbons (Fsp3) is 0.143. The van der Waals surface area contributed by atoms with Crippen molar-refractivity contribution in [2.75, 3.05) is 7.11 Å². The normalized spacial score (nSPS) is 8.64. The van der Waals surface area contributed by atoms with E-state index in [1.54, 1.807) is 13.2 Å². The van der Waals surface area contributed by atoms with Crippen molar-refractivity contribution in [2.45, 2.75) is 0 Å². The van der Waals surface area contributed by atoms with Gasteiger partial charge in [-0.3, -0.25) is 0 Å². The monoisotopic (exact) mass is 246 g/mol. The Bertz CT molecular complexity index is 242. The van der Waals surface area contributed by atoms with Crippen molar-refractivity contribution >= 4 is 50.6 Å². The van der Waals surface area contributed by atoms with Crippen LogP contribution in [0, 0.1) is 0 Å². The molecule has 0 aromatic heterocycles.